The normalized spacial score (nSPS) is 19.2. The summed E-state index contributed by atoms with van der Waals surface area (Å²) in [4.78, 5) is 0. The molecule has 0 saturated heterocycles. The van der Waals surface area contributed by atoms with Gasteiger partial charge in [-0.3, -0.25) is 0 Å². The first-order valence-corrected chi connectivity index (χ1v) is 6.12. The quantitative estimate of drug-likeness (QED) is 0.529. The fourth-order valence-corrected chi connectivity index (χ4v) is 1.43. The Morgan fingerprint density at radius 1 is 1.21 bits per heavy atom. The Kier molecular flexibility index (Phi) is 12.0. The molecule has 0 bridgehead atoms. The highest BCUT2D eigenvalue weighted by atomic mass is 14.1. The second-order valence-corrected chi connectivity index (χ2v) is 3.15. The van der Waals surface area contributed by atoms with E-state index in [9.17, 15) is 0 Å². The molecule has 0 nitrogen and oxygen atoms in total. The molecule has 14 heavy (non-hydrogen) atoms. The minimum atomic E-state index is 0.763. The van der Waals surface area contributed by atoms with Gasteiger partial charge in [-0.25, -0.2) is 0 Å². The molecule has 0 aromatic rings. The molecule has 0 aromatic carbocycles. The van der Waals surface area contributed by atoms with Crippen molar-refractivity contribution in [3.8, 4) is 0 Å². The summed E-state index contributed by atoms with van der Waals surface area (Å²) in [5.74, 6) is 0.763. The molecule has 0 aliphatic heterocycles. The second-order valence-electron chi connectivity index (χ2n) is 3.15. The zero-order valence-corrected chi connectivity index (χ0v) is 11.1. The topological polar surface area (TPSA) is 0 Å². The van der Waals surface area contributed by atoms with Gasteiger partial charge in [0.25, 0.3) is 0 Å². The first kappa shape index (κ1) is 15.9. The fraction of sp³-hybridized carbons (Fsp3) is 0.714. The Morgan fingerprint density at radius 2 is 1.71 bits per heavy atom. The molecule has 0 heterocycles. The van der Waals surface area contributed by atoms with Crippen LogP contribution in [-0.4, -0.2) is 0 Å². The summed E-state index contributed by atoms with van der Waals surface area (Å²) in [6.45, 7) is 14.7. The number of hydrogen-bond acceptors (Lipinski definition) is 0. The molecule has 0 aromatic heterocycles. The van der Waals surface area contributed by atoms with Crippen LogP contribution >= 0.6 is 0 Å². The minimum Gasteiger partial charge on any atom is -0.0808 e. The second kappa shape index (κ2) is 10.6. The molecular weight excluding hydrogens is 168 g/mol. The highest BCUT2D eigenvalue weighted by Gasteiger charge is 2.06. The first-order valence-electron chi connectivity index (χ1n) is 6.12. The Morgan fingerprint density at radius 3 is 2.07 bits per heavy atom. The predicted octanol–water partition coefficient (Wildman–Crippen LogP) is 5.36. The lowest BCUT2D eigenvalue weighted by Crippen LogP contribution is -1.98. The van der Waals surface area contributed by atoms with Gasteiger partial charge in [0, 0.05) is 0 Å². The van der Waals surface area contributed by atoms with Crippen LogP contribution < -0.4 is 0 Å². The zero-order chi connectivity index (χ0) is 11.6. The predicted molar refractivity (Wildman–Crippen MR) is 68.6 cm³/mol. The molecule has 84 valence electrons. The van der Waals surface area contributed by atoms with Gasteiger partial charge in [0.2, 0.25) is 0 Å². The third-order valence-corrected chi connectivity index (χ3v) is 2.17. The van der Waals surface area contributed by atoms with Crippen LogP contribution in [0, 0.1) is 5.92 Å². The van der Waals surface area contributed by atoms with Gasteiger partial charge in [-0.2, -0.15) is 0 Å². The maximum Gasteiger partial charge on any atom is -0.0221 e. The zero-order valence-electron chi connectivity index (χ0n) is 11.1. The molecule has 1 atom stereocenters. The summed E-state index contributed by atoms with van der Waals surface area (Å²) in [6, 6.07) is 0. The van der Waals surface area contributed by atoms with E-state index in [-0.39, 0.29) is 0 Å². The van der Waals surface area contributed by atoms with Crippen molar-refractivity contribution in [1.29, 1.82) is 0 Å². The van der Waals surface area contributed by atoms with Crippen LogP contribution in [0.25, 0.3) is 0 Å². The van der Waals surface area contributed by atoms with Gasteiger partial charge in [0.15, 0.2) is 0 Å². The van der Waals surface area contributed by atoms with Crippen LogP contribution in [0.2, 0.25) is 0 Å². The molecule has 1 aliphatic rings. The number of rotatable bonds is 1. The van der Waals surface area contributed by atoms with E-state index in [0.29, 0.717) is 0 Å². The standard InChI is InChI=1S/C10H16.2C2H6/c1-4-10-7-8(2)5-6-9(10)3;2*1-2/h6-8H,4-5H2,1-3H3;2*1-2H3. The molecule has 0 heteroatoms. The molecule has 0 amide bonds. The van der Waals surface area contributed by atoms with Gasteiger partial charge in [-0.15, -0.1) is 0 Å². The average Bonchev–Trinajstić information content (AvgIpc) is 2.27. The van der Waals surface area contributed by atoms with E-state index in [1.54, 1.807) is 5.57 Å². The van der Waals surface area contributed by atoms with Gasteiger partial charge in [-0.1, -0.05) is 59.3 Å². The summed E-state index contributed by atoms with van der Waals surface area (Å²) < 4.78 is 0. The van der Waals surface area contributed by atoms with Crippen molar-refractivity contribution >= 4 is 0 Å². The lowest BCUT2D eigenvalue weighted by atomic mass is 9.91. The van der Waals surface area contributed by atoms with Crippen molar-refractivity contribution in [1.82, 2.24) is 0 Å². The van der Waals surface area contributed by atoms with E-state index >= 15 is 0 Å². The van der Waals surface area contributed by atoms with Gasteiger partial charge in [-0.05, 0) is 31.3 Å². The Hall–Kier alpha value is -0.520. The average molecular weight is 196 g/mol. The SMILES string of the molecule is CC.CC.CCC1=CC(C)CC=C1C. The minimum absolute atomic E-state index is 0.763. The summed E-state index contributed by atoms with van der Waals surface area (Å²) in [6.07, 6.45) is 7.17. The van der Waals surface area contributed by atoms with Gasteiger partial charge in [0.05, 0.1) is 0 Å². The lowest BCUT2D eigenvalue weighted by Gasteiger charge is -2.15. The fourth-order valence-electron chi connectivity index (χ4n) is 1.43. The molecule has 1 rings (SSSR count). The summed E-state index contributed by atoms with van der Waals surface area (Å²) in [5, 5.41) is 0. The summed E-state index contributed by atoms with van der Waals surface area (Å²) in [7, 11) is 0. The van der Waals surface area contributed by atoms with Crippen LogP contribution in [-0.2, 0) is 0 Å². The van der Waals surface area contributed by atoms with Crippen molar-refractivity contribution in [2.45, 2.75) is 61.3 Å². The van der Waals surface area contributed by atoms with E-state index < -0.39 is 0 Å². The number of allylic oxidation sites excluding steroid dienone is 4. The van der Waals surface area contributed by atoms with E-state index in [0.717, 1.165) is 5.92 Å². The van der Waals surface area contributed by atoms with Crippen molar-refractivity contribution in [2.24, 2.45) is 5.92 Å². The van der Waals surface area contributed by atoms with E-state index in [4.69, 9.17) is 0 Å². The lowest BCUT2D eigenvalue weighted by molar-refractivity contribution is 0.715. The largest absolute Gasteiger partial charge is 0.0808 e. The van der Waals surface area contributed by atoms with Gasteiger partial charge >= 0.3 is 0 Å². The smallest absolute Gasteiger partial charge is 0.0221 e. The Bertz CT molecular complexity index is 172. The highest BCUT2D eigenvalue weighted by Crippen LogP contribution is 2.23. The van der Waals surface area contributed by atoms with Crippen molar-refractivity contribution in [3.63, 3.8) is 0 Å². The Labute approximate surface area is 91.1 Å². The van der Waals surface area contributed by atoms with Crippen molar-refractivity contribution < 1.29 is 0 Å². The summed E-state index contributed by atoms with van der Waals surface area (Å²) in [5.41, 5.74) is 3.03. The molecule has 0 saturated carbocycles. The Balaban J connectivity index is 0. The van der Waals surface area contributed by atoms with Crippen molar-refractivity contribution in [2.75, 3.05) is 0 Å². The number of hydrogen-bond donors (Lipinski definition) is 0. The first-order chi connectivity index (χ1) is 6.74. The van der Waals surface area contributed by atoms with Crippen LogP contribution in [0.15, 0.2) is 23.3 Å². The third-order valence-electron chi connectivity index (χ3n) is 2.17. The van der Waals surface area contributed by atoms with E-state index in [1.165, 1.54) is 18.4 Å². The summed E-state index contributed by atoms with van der Waals surface area (Å²) >= 11 is 0. The molecule has 0 N–H and O–H groups in total. The molecule has 1 unspecified atom stereocenters. The molecule has 0 radical (unpaired) electrons. The molecule has 1 aliphatic carbocycles. The van der Waals surface area contributed by atoms with Gasteiger partial charge < -0.3 is 0 Å². The monoisotopic (exact) mass is 196 g/mol. The van der Waals surface area contributed by atoms with Crippen LogP contribution in [0.1, 0.15) is 61.3 Å². The van der Waals surface area contributed by atoms with E-state index in [2.05, 4.69) is 32.9 Å². The van der Waals surface area contributed by atoms with Crippen molar-refractivity contribution in [3.05, 3.63) is 23.3 Å². The van der Waals surface area contributed by atoms with Gasteiger partial charge in [0.1, 0.15) is 0 Å². The third kappa shape index (κ3) is 6.01. The van der Waals surface area contributed by atoms with Crippen LogP contribution in [0.4, 0.5) is 0 Å². The molecule has 0 fully saturated rings. The van der Waals surface area contributed by atoms with Crippen LogP contribution in [0.5, 0.6) is 0 Å². The molecular formula is C14H28. The van der Waals surface area contributed by atoms with E-state index in [1.807, 2.05) is 27.7 Å². The maximum atomic E-state index is 2.40. The van der Waals surface area contributed by atoms with Crippen LogP contribution in [0.3, 0.4) is 0 Å². The molecule has 0 spiro atoms. The highest BCUT2D eigenvalue weighted by molar-refractivity contribution is 5.32. The maximum absolute atomic E-state index is 2.40.